The first kappa shape index (κ1) is 13.4. The van der Waals surface area contributed by atoms with Crippen LogP contribution in [0.4, 0.5) is 5.69 Å². The first-order chi connectivity index (χ1) is 8.70. The van der Waals surface area contributed by atoms with Crippen molar-refractivity contribution in [3.8, 4) is 0 Å². The Morgan fingerprint density at radius 1 is 1.28 bits per heavy atom. The lowest BCUT2D eigenvalue weighted by Gasteiger charge is -2.33. The van der Waals surface area contributed by atoms with E-state index in [1.807, 2.05) is 6.92 Å². The topological polar surface area (TPSA) is 38.5 Å². The number of nitrogens with zero attached hydrogens (tertiary/aromatic N) is 1. The fourth-order valence-electron chi connectivity index (χ4n) is 2.58. The molecule has 0 unspecified atom stereocenters. The number of piperidine rings is 1. The van der Waals surface area contributed by atoms with Crippen molar-refractivity contribution in [3.63, 3.8) is 0 Å². The zero-order valence-corrected chi connectivity index (χ0v) is 11.4. The molecule has 2 N–H and O–H groups in total. The summed E-state index contributed by atoms with van der Waals surface area (Å²) in [5, 5.41) is 0. The Balaban J connectivity index is 1.93. The molecule has 0 aromatic heterocycles. The Labute approximate surface area is 110 Å². The third-order valence-electron chi connectivity index (χ3n) is 3.80. The SMILES string of the molecule is COCC1CCN(c2ccc([C@H](C)N)cc2)CC1. The number of hydrogen-bond donors (Lipinski definition) is 1. The molecule has 1 aliphatic rings. The summed E-state index contributed by atoms with van der Waals surface area (Å²) in [5.41, 5.74) is 8.38. The summed E-state index contributed by atoms with van der Waals surface area (Å²) in [6, 6.07) is 8.78. The molecule has 1 fully saturated rings. The van der Waals surface area contributed by atoms with E-state index in [0.717, 1.165) is 25.6 Å². The lowest BCUT2D eigenvalue weighted by molar-refractivity contribution is 0.139. The minimum absolute atomic E-state index is 0.117. The van der Waals surface area contributed by atoms with Gasteiger partial charge in [-0.1, -0.05) is 12.1 Å². The van der Waals surface area contributed by atoms with Gasteiger partial charge in [-0.05, 0) is 43.4 Å². The van der Waals surface area contributed by atoms with E-state index in [9.17, 15) is 0 Å². The van der Waals surface area contributed by atoms with Gasteiger partial charge in [-0.2, -0.15) is 0 Å². The Morgan fingerprint density at radius 3 is 2.39 bits per heavy atom. The largest absolute Gasteiger partial charge is 0.384 e. The van der Waals surface area contributed by atoms with Gasteiger partial charge in [-0.3, -0.25) is 0 Å². The molecule has 1 aromatic rings. The summed E-state index contributed by atoms with van der Waals surface area (Å²) >= 11 is 0. The number of hydrogen-bond acceptors (Lipinski definition) is 3. The van der Waals surface area contributed by atoms with E-state index in [1.165, 1.54) is 24.1 Å². The highest BCUT2D eigenvalue weighted by atomic mass is 16.5. The third kappa shape index (κ3) is 3.24. The molecule has 1 atom stereocenters. The standard InChI is InChI=1S/C15H24N2O/c1-12(16)14-3-5-15(6-4-14)17-9-7-13(8-10-17)11-18-2/h3-6,12-13H,7-11,16H2,1-2H3/t12-/m0/s1. The third-order valence-corrected chi connectivity index (χ3v) is 3.80. The van der Waals surface area contributed by atoms with Crippen LogP contribution in [-0.2, 0) is 4.74 Å². The van der Waals surface area contributed by atoms with Crippen molar-refractivity contribution in [1.82, 2.24) is 0 Å². The van der Waals surface area contributed by atoms with Gasteiger partial charge >= 0.3 is 0 Å². The van der Waals surface area contributed by atoms with Crippen LogP contribution in [0.3, 0.4) is 0 Å². The van der Waals surface area contributed by atoms with Gasteiger partial charge in [0.2, 0.25) is 0 Å². The average molecular weight is 248 g/mol. The van der Waals surface area contributed by atoms with E-state index in [-0.39, 0.29) is 6.04 Å². The van der Waals surface area contributed by atoms with Crippen molar-refractivity contribution in [2.24, 2.45) is 11.7 Å². The summed E-state index contributed by atoms with van der Waals surface area (Å²) in [6.45, 7) is 5.18. The lowest BCUT2D eigenvalue weighted by Crippen LogP contribution is -2.34. The molecular formula is C15H24N2O. The molecule has 0 saturated carbocycles. The molecule has 100 valence electrons. The minimum Gasteiger partial charge on any atom is -0.384 e. The Bertz CT molecular complexity index is 353. The maximum Gasteiger partial charge on any atom is 0.0491 e. The fourth-order valence-corrected chi connectivity index (χ4v) is 2.58. The molecule has 0 aliphatic carbocycles. The van der Waals surface area contributed by atoms with E-state index < -0.39 is 0 Å². The van der Waals surface area contributed by atoms with Crippen molar-refractivity contribution in [2.75, 3.05) is 31.7 Å². The van der Waals surface area contributed by atoms with Gasteiger partial charge in [0, 0.05) is 38.5 Å². The van der Waals surface area contributed by atoms with Gasteiger partial charge < -0.3 is 15.4 Å². The van der Waals surface area contributed by atoms with Gasteiger partial charge in [0.05, 0.1) is 0 Å². The number of anilines is 1. The van der Waals surface area contributed by atoms with Crippen LogP contribution in [0.2, 0.25) is 0 Å². The van der Waals surface area contributed by atoms with E-state index in [1.54, 1.807) is 7.11 Å². The molecule has 0 amide bonds. The van der Waals surface area contributed by atoms with Crippen molar-refractivity contribution in [1.29, 1.82) is 0 Å². The molecular weight excluding hydrogens is 224 g/mol. The smallest absolute Gasteiger partial charge is 0.0491 e. The normalized spacial score (nSPS) is 18.9. The van der Waals surface area contributed by atoms with Crippen molar-refractivity contribution in [3.05, 3.63) is 29.8 Å². The number of rotatable bonds is 4. The number of nitrogens with two attached hydrogens (primary N) is 1. The summed E-state index contributed by atoms with van der Waals surface area (Å²) in [5.74, 6) is 0.731. The van der Waals surface area contributed by atoms with Crippen LogP contribution >= 0.6 is 0 Å². The molecule has 0 spiro atoms. The van der Waals surface area contributed by atoms with Crippen LogP contribution < -0.4 is 10.6 Å². The van der Waals surface area contributed by atoms with E-state index in [0.29, 0.717) is 0 Å². The quantitative estimate of drug-likeness (QED) is 0.890. The number of benzene rings is 1. The predicted molar refractivity (Wildman–Crippen MR) is 75.9 cm³/mol. The molecule has 1 aromatic carbocycles. The molecule has 3 heteroatoms. The van der Waals surface area contributed by atoms with Gasteiger partial charge in [-0.25, -0.2) is 0 Å². The first-order valence-electron chi connectivity index (χ1n) is 6.80. The van der Waals surface area contributed by atoms with Crippen molar-refractivity contribution >= 4 is 5.69 Å². The predicted octanol–water partition coefficient (Wildman–Crippen LogP) is 2.57. The van der Waals surface area contributed by atoms with Crippen LogP contribution in [0.25, 0.3) is 0 Å². The van der Waals surface area contributed by atoms with Crippen LogP contribution in [0.1, 0.15) is 31.4 Å². The van der Waals surface area contributed by atoms with Crippen molar-refractivity contribution in [2.45, 2.75) is 25.8 Å². The van der Waals surface area contributed by atoms with Crippen LogP contribution in [0.15, 0.2) is 24.3 Å². The molecule has 1 heterocycles. The molecule has 0 bridgehead atoms. The molecule has 3 nitrogen and oxygen atoms in total. The van der Waals surface area contributed by atoms with E-state index in [4.69, 9.17) is 10.5 Å². The van der Waals surface area contributed by atoms with E-state index in [2.05, 4.69) is 29.2 Å². The summed E-state index contributed by atoms with van der Waals surface area (Å²) in [7, 11) is 1.79. The maximum atomic E-state index is 5.87. The molecule has 18 heavy (non-hydrogen) atoms. The van der Waals surface area contributed by atoms with Gasteiger partial charge in [-0.15, -0.1) is 0 Å². The Hall–Kier alpha value is -1.06. The zero-order valence-electron chi connectivity index (χ0n) is 11.4. The zero-order chi connectivity index (χ0) is 13.0. The average Bonchev–Trinajstić information content (AvgIpc) is 2.40. The second-order valence-corrected chi connectivity index (χ2v) is 5.27. The summed E-state index contributed by atoms with van der Waals surface area (Å²) < 4.78 is 5.23. The first-order valence-corrected chi connectivity index (χ1v) is 6.80. The molecule has 1 saturated heterocycles. The van der Waals surface area contributed by atoms with Crippen LogP contribution in [-0.4, -0.2) is 26.8 Å². The van der Waals surface area contributed by atoms with Crippen molar-refractivity contribution < 1.29 is 4.74 Å². The second kappa shape index (κ2) is 6.21. The van der Waals surface area contributed by atoms with Crippen LogP contribution in [0.5, 0.6) is 0 Å². The lowest BCUT2D eigenvalue weighted by atomic mass is 9.97. The van der Waals surface area contributed by atoms with Gasteiger partial charge in [0.25, 0.3) is 0 Å². The summed E-state index contributed by atoms with van der Waals surface area (Å²) in [6.07, 6.45) is 2.45. The Morgan fingerprint density at radius 2 is 1.89 bits per heavy atom. The van der Waals surface area contributed by atoms with Crippen LogP contribution in [0, 0.1) is 5.92 Å². The highest BCUT2D eigenvalue weighted by Crippen LogP contribution is 2.24. The number of ether oxygens (including phenoxy) is 1. The highest BCUT2D eigenvalue weighted by Gasteiger charge is 2.19. The molecule has 1 aliphatic heterocycles. The Kier molecular flexibility index (Phi) is 4.61. The molecule has 2 rings (SSSR count). The fraction of sp³-hybridized carbons (Fsp3) is 0.600. The highest BCUT2D eigenvalue weighted by molar-refractivity contribution is 5.48. The van der Waals surface area contributed by atoms with Gasteiger partial charge in [0.15, 0.2) is 0 Å². The molecule has 0 radical (unpaired) electrons. The maximum absolute atomic E-state index is 5.87. The van der Waals surface area contributed by atoms with Gasteiger partial charge in [0.1, 0.15) is 0 Å². The van der Waals surface area contributed by atoms with E-state index >= 15 is 0 Å². The summed E-state index contributed by atoms with van der Waals surface area (Å²) in [4.78, 5) is 2.46. The second-order valence-electron chi connectivity index (χ2n) is 5.27. The number of methoxy groups -OCH3 is 1. The minimum atomic E-state index is 0.117. The monoisotopic (exact) mass is 248 g/mol.